The minimum atomic E-state index is -0.0380. The molecule has 1 unspecified atom stereocenters. The van der Waals surface area contributed by atoms with Crippen molar-refractivity contribution in [2.75, 3.05) is 26.7 Å². The second kappa shape index (κ2) is 9.96. The van der Waals surface area contributed by atoms with Crippen LogP contribution in [-0.2, 0) is 17.8 Å². The Kier molecular flexibility index (Phi) is 7.11. The van der Waals surface area contributed by atoms with Gasteiger partial charge >= 0.3 is 0 Å². The fourth-order valence-corrected chi connectivity index (χ4v) is 3.39. The Morgan fingerprint density at radius 2 is 1.86 bits per heavy atom. The molecule has 6 heteroatoms. The van der Waals surface area contributed by atoms with E-state index in [1.54, 1.807) is 7.05 Å². The van der Waals surface area contributed by atoms with Gasteiger partial charge in [0.1, 0.15) is 11.9 Å². The summed E-state index contributed by atoms with van der Waals surface area (Å²) in [5.41, 5.74) is 3.68. The number of carbonyl (C=O) groups is 1. The van der Waals surface area contributed by atoms with Crippen LogP contribution < -0.4 is 15.4 Å². The van der Waals surface area contributed by atoms with E-state index >= 15 is 0 Å². The lowest BCUT2D eigenvalue weighted by molar-refractivity contribution is -0.130. The van der Waals surface area contributed by atoms with Gasteiger partial charge in [0.15, 0.2) is 5.96 Å². The quantitative estimate of drug-likeness (QED) is 0.584. The van der Waals surface area contributed by atoms with Crippen LogP contribution in [0.15, 0.2) is 53.5 Å². The van der Waals surface area contributed by atoms with Crippen molar-refractivity contribution in [3.05, 3.63) is 65.2 Å². The third-order valence-electron chi connectivity index (χ3n) is 5.09. The number of guanidine groups is 1. The number of aryl methyl sites for hydroxylation is 1. The summed E-state index contributed by atoms with van der Waals surface area (Å²) in [5.74, 6) is 1.55. The summed E-state index contributed by atoms with van der Waals surface area (Å²) in [7, 11) is 1.70. The van der Waals surface area contributed by atoms with Gasteiger partial charge < -0.3 is 20.3 Å². The Hall–Kier alpha value is -3.02. The van der Waals surface area contributed by atoms with Crippen molar-refractivity contribution in [1.29, 1.82) is 0 Å². The normalized spacial score (nSPS) is 14.7. The van der Waals surface area contributed by atoms with Crippen LogP contribution in [0.2, 0.25) is 0 Å². The van der Waals surface area contributed by atoms with Crippen molar-refractivity contribution in [1.82, 2.24) is 15.5 Å². The van der Waals surface area contributed by atoms with Crippen molar-refractivity contribution in [3.8, 4) is 5.75 Å². The highest BCUT2D eigenvalue weighted by Gasteiger charge is 2.20. The summed E-state index contributed by atoms with van der Waals surface area (Å²) in [5, 5.41) is 6.34. The molecule has 0 aliphatic carbocycles. The fraction of sp³-hybridized carbons (Fsp3) is 0.391. The number of carbonyl (C=O) groups excluding carboxylic acids is 1. The van der Waals surface area contributed by atoms with E-state index in [1.807, 2.05) is 49.1 Å². The molecule has 1 heterocycles. The van der Waals surface area contributed by atoms with E-state index < -0.39 is 0 Å². The van der Waals surface area contributed by atoms with Gasteiger partial charge in [-0.1, -0.05) is 42.5 Å². The molecule has 0 bridgehead atoms. The first kappa shape index (κ1) is 20.7. The van der Waals surface area contributed by atoms with Crippen molar-refractivity contribution >= 4 is 11.9 Å². The average molecular weight is 395 g/mol. The predicted octanol–water partition coefficient (Wildman–Crippen LogP) is 2.51. The molecule has 0 saturated carbocycles. The van der Waals surface area contributed by atoms with Crippen molar-refractivity contribution < 1.29 is 9.53 Å². The largest absolute Gasteiger partial charge is 0.489 e. The van der Waals surface area contributed by atoms with Gasteiger partial charge in [-0.25, -0.2) is 0 Å². The SMILES string of the molecule is CN=C(NCC(=O)N1CCc2ccccc2C1)NCC(C)Oc1ccccc1C. The Morgan fingerprint density at radius 3 is 2.62 bits per heavy atom. The molecular weight excluding hydrogens is 364 g/mol. The molecule has 1 aliphatic rings. The van der Waals surface area contributed by atoms with Crippen molar-refractivity contribution in [2.24, 2.45) is 4.99 Å². The van der Waals surface area contributed by atoms with Crippen LogP contribution in [0.3, 0.4) is 0 Å². The standard InChI is InChI=1S/C23H30N4O2/c1-17-8-4-7-11-21(17)29-18(2)14-25-23(24-3)26-15-22(28)27-13-12-19-9-5-6-10-20(19)16-27/h4-11,18H,12-16H2,1-3H3,(H2,24,25,26). The molecular formula is C23H30N4O2. The molecule has 1 aliphatic heterocycles. The number of para-hydroxylation sites is 1. The van der Waals surface area contributed by atoms with Crippen LogP contribution in [0.1, 0.15) is 23.6 Å². The molecule has 154 valence electrons. The van der Waals surface area contributed by atoms with Crippen molar-refractivity contribution in [2.45, 2.75) is 32.9 Å². The minimum absolute atomic E-state index is 0.0380. The zero-order chi connectivity index (χ0) is 20.6. The number of aliphatic imine (C=N–C) groups is 1. The lowest BCUT2D eigenvalue weighted by Crippen LogP contribution is -2.47. The molecule has 6 nitrogen and oxygen atoms in total. The zero-order valence-electron chi connectivity index (χ0n) is 17.4. The molecule has 0 aromatic heterocycles. The highest BCUT2D eigenvalue weighted by molar-refractivity contribution is 5.86. The summed E-state index contributed by atoms with van der Waals surface area (Å²) >= 11 is 0. The molecule has 0 fully saturated rings. The first-order valence-corrected chi connectivity index (χ1v) is 10.1. The summed E-state index contributed by atoms with van der Waals surface area (Å²) in [6.45, 7) is 6.26. The molecule has 0 radical (unpaired) electrons. The highest BCUT2D eigenvalue weighted by atomic mass is 16.5. The third kappa shape index (κ3) is 5.73. The van der Waals surface area contributed by atoms with E-state index in [-0.39, 0.29) is 18.6 Å². The van der Waals surface area contributed by atoms with E-state index in [0.29, 0.717) is 19.0 Å². The van der Waals surface area contributed by atoms with E-state index in [2.05, 4.69) is 33.8 Å². The number of rotatable bonds is 6. The fourth-order valence-electron chi connectivity index (χ4n) is 3.39. The van der Waals surface area contributed by atoms with E-state index in [9.17, 15) is 4.79 Å². The average Bonchev–Trinajstić information content (AvgIpc) is 2.75. The van der Waals surface area contributed by atoms with E-state index in [0.717, 1.165) is 24.3 Å². The van der Waals surface area contributed by atoms with Crippen LogP contribution in [0.4, 0.5) is 0 Å². The van der Waals surface area contributed by atoms with Crippen LogP contribution in [-0.4, -0.2) is 49.6 Å². The van der Waals surface area contributed by atoms with Gasteiger partial charge in [0, 0.05) is 20.1 Å². The zero-order valence-corrected chi connectivity index (χ0v) is 17.4. The monoisotopic (exact) mass is 394 g/mol. The Morgan fingerprint density at radius 1 is 1.14 bits per heavy atom. The molecule has 1 atom stereocenters. The number of nitrogens with one attached hydrogen (secondary N) is 2. The maximum atomic E-state index is 12.6. The number of hydrogen-bond donors (Lipinski definition) is 2. The third-order valence-corrected chi connectivity index (χ3v) is 5.09. The van der Waals surface area contributed by atoms with Gasteiger partial charge in [-0.15, -0.1) is 0 Å². The molecule has 1 amide bonds. The van der Waals surface area contributed by atoms with Crippen molar-refractivity contribution in [3.63, 3.8) is 0 Å². The maximum Gasteiger partial charge on any atom is 0.242 e. The van der Waals surface area contributed by atoms with E-state index in [4.69, 9.17) is 4.74 Å². The van der Waals surface area contributed by atoms with E-state index in [1.165, 1.54) is 11.1 Å². The van der Waals surface area contributed by atoms with Gasteiger partial charge in [0.25, 0.3) is 0 Å². The molecule has 0 spiro atoms. The topological polar surface area (TPSA) is 66.0 Å². The van der Waals surface area contributed by atoms with Gasteiger partial charge in [-0.05, 0) is 43.0 Å². The number of amides is 1. The summed E-state index contributed by atoms with van der Waals surface area (Å²) in [6.07, 6.45) is 0.867. The summed E-state index contributed by atoms with van der Waals surface area (Å²) in [4.78, 5) is 18.7. The van der Waals surface area contributed by atoms with Crippen LogP contribution in [0.25, 0.3) is 0 Å². The first-order chi connectivity index (χ1) is 14.1. The second-order valence-corrected chi connectivity index (χ2v) is 7.33. The lowest BCUT2D eigenvalue weighted by atomic mass is 10.00. The number of hydrogen-bond acceptors (Lipinski definition) is 3. The smallest absolute Gasteiger partial charge is 0.242 e. The van der Waals surface area contributed by atoms with Gasteiger partial charge in [-0.3, -0.25) is 9.79 Å². The van der Waals surface area contributed by atoms with Crippen LogP contribution in [0, 0.1) is 6.92 Å². The highest BCUT2D eigenvalue weighted by Crippen LogP contribution is 2.18. The Balaban J connectivity index is 1.43. The number of fused-ring (bicyclic) bond motifs is 1. The predicted molar refractivity (Wildman–Crippen MR) is 116 cm³/mol. The number of nitrogens with zero attached hydrogens (tertiary/aromatic N) is 2. The molecule has 2 aromatic carbocycles. The van der Waals surface area contributed by atoms with Gasteiger partial charge in [0.2, 0.25) is 5.91 Å². The summed E-state index contributed by atoms with van der Waals surface area (Å²) < 4.78 is 5.97. The molecule has 29 heavy (non-hydrogen) atoms. The van der Waals surface area contributed by atoms with Crippen LogP contribution >= 0.6 is 0 Å². The molecule has 2 N–H and O–H groups in total. The molecule has 3 rings (SSSR count). The maximum absolute atomic E-state index is 12.6. The van der Waals surface area contributed by atoms with Gasteiger partial charge in [-0.2, -0.15) is 0 Å². The number of benzene rings is 2. The minimum Gasteiger partial charge on any atom is -0.489 e. The second-order valence-electron chi connectivity index (χ2n) is 7.33. The number of ether oxygens (including phenoxy) is 1. The Bertz CT molecular complexity index is 865. The molecule has 0 saturated heterocycles. The first-order valence-electron chi connectivity index (χ1n) is 10.1. The van der Waals surface area contributed by atoms with Gasteiger partial charge in [0.05, 0.1) is 13.1 Å². The van der Waals surface area contributed by atoms with Crippen LogP contribution in [0.5, 0.6) is 5.75 Å². The molecule has 2 aromatic rings. The lowest BCUT2D eigenvalue weighted by Gasteiger charge is -2.29. The summed E-state index contributed by atoms with van der Waals surface area (Å²) in [6, 6.07) is 16.3. The Labute approximate surface area is 173 Å².